The third kappa shape index (κ3) is 3.86. The highest BCUT2D eigenvalue weighted by atomic mass is 35.5. The van der Waals surface area contributed by atoms with E-state index in [0.29, 0.717) is 6.54 Å². The molecule has 2 heterocycles. The van der Waals surface area contributed by atoms with Crippen LogP contribution in [0.15, 0.2) is 30.5 Å². The molecule has 1 amide bonds. The second kappa shape index (κ2) is 7.92. The Morgan fingerprint density at radius 3 is 2.88 bits per heavy atom. The van der Waals surface area contributed by atoms with Gasteiger partial charge in [-0.15, -0.1) is 0 Å². The molecule has 0 atom stereocenters. The number of fused-ring (bicyclic) bond motifs is 1. The predicted octanol–water partition coefficient (Wildman–Crippen LogP) is 2.21. The second-order valence-electron chi connectivity index (χ2n) is 6.17. The number of carbonyl (C=O) groups excluding carboxylic acids is 1. The zero-order valence-electron chi connectivity index (χ0n) is 13.5. The van der Waals surface area contributed by atoms with E-state index in [0.717, 1.165) is 54.0 Å². The van der Waals surface area contributed by atoms with Crippen LogP contribution in [0, 0.1) is 5.92 Å². The van der Waals surface area contributed by atoms with E-state index in [1.807, 2.05) is 24.3 Å². The molecule has 0 saturated carbocycles. The van der Waals surface area contributed by atoms with Crippen LogP contribution in [0.3, 0.4) is 0 Å². The Morgan fingerprint density at radius 2 is 2.12 bits per heavy atom. The highest BCUT2D eigenvalue weighted by molar-refractivity contribution is 6.32. The molecule has 1 fully saturated rings. The minimum Gasteiger partial charge on any atom is -0.395 e. The first-order valence-electron chi connectivity index (χ1n) is 8.32. The van der Waals surface area contributed by atoms with Crippen molar-refractivity contribution in [3.63, 3.8) is 0 Å². The van der Waals surface area contributed by atoms with Gasteiger partial charge >= 0.3 is 0 Å². The smallest absolute Gasteiger partial charge is 0.223 e. The number of nitrogens with zero attached hydrogens (tertiary/aromatic N) is 2. The summed E-state index contributed by atoms with van der Waals surface area (Å²) in [6.07, 6.45) is 3.44. The molecule has 128 valence electrons. The lowest BCUT2D eigenvalue weighted by Gasteiger charge is -2.31. The molecular weight excluding hydrogens is 326 g/mol. The van der Waals surface area contributed by atoms with Gasteiger partial charge in [-0.3, -0.25) is 14.7 Å². The van der Waals surface area contributed by atoms with Crippen molar-refractivity contribution in [2.45, 2.75) is 19.4 Å². The summed E-state index contributed by atoms with van der Waals surface area (Å²) in [6, 6.07) is 7.89. The van der Waals surface area contributed by atoms with E-state index in [2.05, 4.69) is 15.2 Å². The first kappa shape index (κ1) is 17.1. The van der Waals surface area contributed by atoms with Crippen LogP contribution in [0.4, 0.5) is 0 Å². The molecular formula is C18H22ClN3O2. The van der Waals surface area contributed by atoms with Crippen LogP contribution in [0.25, 0.3) is 10.9 Å². The Balaban J connectivity index is 1.65. The van der Waals surface area contributed by atoms with Gasteiger partial charge in [-0.2, -0.15) is 0 Å². The molecule has 1 aromatic heterocycles. The molecule has 0 aliphatic carbocycles. The van der Waals surface area contributed by atoms with Crippen LogP contribution in [-0.4, -0.2) is 47.1 Å². The largest absolute Gasteiger partial charge is 0.395 e. The van der Waals surface area contributed by atoms with Gasteiger partial charge in [-0.1, -0.05) is 23.7 Å². The van der Waals surface area contributed by atoms with E-state index in [-0.39, 0.29) is 18.4 Å². The molecule has 5 nitrogen and oxygen atoms in total. The fourth-order valence-electron chi connectivity index (χ4n) is 3.23. The molecule has 0 spiro atoms. The summed E-state index contributed by atoms with van der Waals surface area (Å²) in [7, 11) is 0. The number of aromatic nitrogens is 1. The molecule has 2 aromatic rings. The number of nitrogens with one attached hydrogen (secondary N) is 1. The van der Waals surface area contributed by atoms with Crippen molar-refractivity contribution in [2.24, 2.45) is 5.92 Å². The number of benzene rings is 1. The van der Waals surface area contributed by atoms with Crippen molar-refractivity contribution in [3.8, 4) is 0 Å². The molecule has 1 aliphatic heterocycles. The average molecular weight is 348 g/mol. The summed E-state index contributed by atoms with van der Waals surface area (Å²) in [5, 5.41) is 13.4. The van der Waals surface area contributed by atoms with Gasteiger partial charge in [-0.25, -0.2) is 0 Å². The van der Waals surface area contributed by atoms with Crippen LogP contribution < -0.4 is 5.32 Å². The first-order valence-corrected chi connectivity index (χ1v) is 8.70. The maximum absolute atomic E-state index is 12.0. The SMILES string of the molecule is O=C(NCCO)C1CCN(Cc2c(Cl)ccc3cccnc23)CC1. The summed E-state index contributed by atoms with van der Waals surface area (Å²) >= 11 is 6.40. The Labute approximate surface area is 146 Å². The minimum absolute atomic E-state index is 0.0167. The van der Waals surface area contributed by atoms with Gasteiger partial charge in [0.05, 0.1) is 12.1 Å². The summed E-state index contributed by atoms with van der Waals surface area (Å²) in [5.41, 5.74) is 2.01. The lowest BCUT2D eigenvalue weighted by Crippen LogP contribution is -2.40. The Kier molecular flexibility index (Phi) is 5.66. The maximum atomic E-state index is 12.0. The maximum Gasteiger partial charge on any atom is 0.223 e. The number of amides is 1. The lowest BCUT2D eigenvalue weighted by molar-refractivity contribution is -0.126. The van der Waals surface area contributed by atoms with Crippen LogP contribution >= 0.6 is 11.6 Å². The number of aliphatic hydroxyl groups excluding tert-OH is 1. The number of halogens is 1. The molecule has 24 heavy (non-hydrogen) atoms. The van der Waals surface area contributed by atoms with Crippen molar-refractivity contribution in [3.05, 3.63) is 41.0 Å². The highest BCUT2D eigenvalue weighted by Gasteiger charge is 2.25. The topological polar surface area (TPSA) is 65.5 Å². The molecule has 0 bridgehead atoms. The van der Waals surface area contributed by atoms with Gasteiger partial charge in [0.15, 0.2) is 0 Å². The van der Waals surface area contributed by atoms with Crippen LogP contribution in [0.2, 0.25) is 5.02 Å². The van der Waals surface area contributed by atoms with E-state index in [1.165, 1.54) is 0 Å². The van der Waals surface area contributed by atoms with Gasteiger partial charge in [0.1, 0.15) is 0 Å². The molecule has 6 heteroatoms. The Bertz CT molecular complexity index is 714. The van der Waals surface area contributed by atoms with Crippen LogP contribution in [0.1, 0.15) is 18.4 Å². The van der Waals surface area contributed by atoms with Gasteiger partial charge in [0, 0.05) is 41.2 Å². The number of hydrogen-bond acceptors (Lipinski definition) is 4. The van der Waals surface area contributed by atoms with Gasteiger partial charge in [0.2, 0.25) is 5.91 Å². The Hall–Kier alpha value is -1.69. The van der Waals surface area contributed by atoms with E-state index in [9.17, 15) is 4.79 Å². The first-order chi connectivity index (χ1) is 11.7. The third-order valence-corrected chi connectivity index (χ3v) is 4.93. The highest BCUT2D eigenvalue weighted by Crippen LogP contribution is 2.27. The van der Waals surface area contributed by atoms with Crippen molar-refractivity contribution < 1.29 is 9.90 Å². The summed E-state index contributed by atoms with van der Waals surface area (Å²) < 4.78 is 0. The van der Waals surface area contributed by atoms with E-state index < -0.39 is 0 Å². The minimum atomic E-state index is -0.0167. The van der Waals surface area contributed by atoms with E-state index in [4.69, 9.17) is 16.7 Å². The molecule has 1 aromatic carbocycles. The molecule has 0 unspecified atom stereocenters. The summed E-state index contributed by atoms with van der Waals surface area (Å²) in [4.78, 5) is 18.8. The number of pyridine rings is 1. The monoisotopic (exact) mass is 347 g/mol. The van der Waals surface area contributed by atoms with Gasteiger partial charge < -0.3 is 10.4 Å². The molecule has 0 radical (unpaired) electrons. The lowest BCUT2D eigenvalue weighted by atomic mass is 9.95. The molecule has 3 rings (SSSR count). The summed E-state index contributed by atoms with van der Waals surface area (Å²) in [5.74, 6) is 0.0856. The van der Waals surface area contributed by atoms with Crippen LogP contribution in [0.5, 0.6) is 0 Å². The quantitative estimate of drug-likeness (QED) is 0.870. The number of rotatable bonds is 5. The van der Waals surface area contributed by atoms with Crippen molar-refractivity contribution in [1.82, 2.24) is 15.2 Å². The zero-order chi connectivity index (χ0) is 16.9. The fraction of sp³-hybridized carbons (Fsp3) is 0.444. The van der Waals surface area contributed by atoms with Gasteiger partial charge in [0.25, 0.3) is 0 Å². The van der Waals surface area contributed by atoms with E-state index in [1.54, 1.807) is 6.20 Å². The standard InChI is InChI=1S/C18H22ClN3O2/c19-16-4-3-13-2-1-7-20-17(13)15(16)12-22-9-5-14(6-10-22)18(24)21-8-11-23/h1-4,7,14,23H,5-6,8-12H2,(H,21,24). The molecule has 2 N–H and O–H groups in total. The molecule has 1 saturated heterocycles. The zero-order valence-corrected chi connectivity index (χ0v) is 14.3. The number of piperidine rings is 1. The number of aliphatic hydroxyl groups is 1. The van der Waals surface area contributed by atoms with Crippen molar-refractivity contribution in [1.29, 1.82) is 0 Å². The predicted molar refractivity (Wildman–Crippen MR) is 94.8 cm³/mol. The number of carbonyl (C=O) groups is 1. The van der Waals surface area contributed by atoms with Crippen molar-refractivity contribution >= 4 is 28.4 Å². The van der Waals surface area contributed by atoms with Crippen molar-refractivity contribution in [2.75, 3.05) is 26.2 Å². The summed E-state index contributed by atoms with van der Waals surface area (Å²) in [6.45, 7) is 2.78. The van der Waals surface area contributed by atoms with Gasteiger partial charge in [-0.05, 0) is 38.1 Å². The molecule has 1 aliphatic rings. The average Bonchev–Trinajstić information content (AvgIpc) is 2.62. The number of likely N-dealkylation sites (tertiary alicyclic amines) is 1. The normalized spacial score (nSPS) is 16.4. The Morgan fingerprint density at radius 1 is 1.33 bits per heavy atom. The van der Waals surface area contributed by atoms with E-state index >= 15 is 0 Å². The number of hydrogen-bond donors (Lipinski definition) is 2. The van der Waals surface area contributed by atoms with Crippen LogP contribution in [-0.2, 0) is 11.3 Å². The fourth-order valence-corrected chi connectivity index (χ4v) is 3.44. The second-order valence-corrected chi connectivity index (χ2v) is 6.57. The third-order valence-electron chi connectivity index (χ3n) is 4.57.